The van der Waals surface area contributed by atoms with Crippen LogP contribution in [-0.2, 0) is 9.53 Å². The number of nitrogens with two attached hydrogens (primary N) is 1. The summed E-state index contributed by atoms with van der Waals surface area (Å²) >= 11 is 1.61. The quantitative estimate of drug-likeness (QED) is 0.893. The van der Waals surface area contributed by atoms with Gasteiger partial charge in [0.2, 0.25) is 5.91 Å². The number of amides is 1. The molecule has 1 heterocycles. The van der Waals surface area contributed by atoms with E-state index in [1.807, 2.05) is 36.6 Å². The Morgan fingerprint density at radius 1 is 1.59 bits per heavy atom. The second kappa shape index (κ2) is 4.47. The van der Waals surface area contributed by atoms with E-state index in [2.05, 4.69) is 0 Å². The van der Waals surface area contributed by atoms with E-state index >= 15 is 0 Å². The lowest BCUT2D eigenvalue weighted by atomic mass is 9.78. The summed E-state index contributed by atoms with van der Waals surface area (Å²) in [4.78, 5) is 12.6. The molecular formula is C13H15NO2S. The zero-order chi connectivity index (χ0) is 12.5. The first-order valence-corrected chi connectivity index (χ1v) is 6.24. The Balaban J connectivity index is 2.51. The molecule has 2 N–H and O–H groups in total. The summed E-state index contributed by atoms with van der Waals surface area (Å²) in [5.74, 6) is -0.522. The van der Waals surface area contributed by atoms with Crippen molar-refractivity contribution in [1.82, 2.24) is 0 Å². The SMILES string of the molecule is COC1(C)C=CC=C(C(N)=O)C1c1cccs1. The van der Waals surface area contributed by atoms with E-state index < -0.39 is 11.5 Å². The van der Waals surface area contributed by atoms with Gasteiger partial charge in [0, 0.05) is 17.6 Å². The number of carbonyl (C=O) groups excluding carboxylic acids is 1. The van der Waals surface area contributed by atoms with Gasteiger partial charge < -0.3 is 10.5 Å². The third-order valence-electron chi connectivity index (χ3n) is 3.14. The number of rotatable bonds is 3. The third kappa shape index (κ3) is 2.06. The molecule has 2 rings (SSSR count). The molecule has 2 atom stereocenters. The zero-order valence-electron chi connectivity index (χ0n) is 9.84. The van der Waals surface area contributed by atoms with Gasteiger partial charge in [-0.05, 0) is 18.4 Å². The second-order valence-electron chi connectivity index (χ2n) is 4.18. The Hall–Kier alpha value is -1.39. The maximum atomic E-state index is 11.5. The van der Waals surface area contributed by atoms with Crippen LogP contribution in [-0.4, -0.2) is 18.6 Å². The van der Waals surface area contributed by atoms with Crippen LogP contribution in [0.3, 0.4) is 0 Å². The molecule has 1 aliphatic rings. The molecule has 0 aliphatic heterocycles. The molecule has 0 fully saturated rings. The number of primary amides is 1. The summed E-state index contributed by atoms with van der Waals surface area (Å²) in [6, 6.07) is 3.97. The van der Waals surface area contributed by atoms with Crippen LogP contribution < -0.4 is 5.73 Å². The molecule has 1 aromatic heterocycles. The van der Waals surface area contributed by atoms with Crippen LogP contribution in [0.4, 0.5) is 0 Å². The molecule has 0 radical (unpaired) electrons. The fourth-order valence-corrected chi connectivity index (χ4v) is 3.11. The lowest BCUT2D eigenvalue weighted by Gasteiger charge is -2.36. The largest absolute Gasteiger partial charge is 0.373 e. The van der Waals surface area contributed by atoms with E-state index in [1.165, 1.54) is 0 Å². The van der Waals surface area contributed by atoms with Crippen molar-refractivity contribution in [1.29, 1.82) is 0 Å². The van der Waals surface area contributed by atoms with E-state index in [4.69, 9.17) is 10.5 Å². The van der Waals surface area contributed by atoms with Crippen LogP contribution in [0, 0.1) is 0 Å². The van der Waals surface area contributed by atoms with Crippen LogP contribution in [0.15, 0.2) is 41.3 Å². The van der Waals surface area contributed by atoms with Crippen LogP contribution in [0.2, 0.25) is 0 Å². The first-order chi connectivity index (χ1) is 8.08. The standard InChI is InChI=1S/C13H15NO2S/c1-13(16-2)7-3-5-9(12(14)15)11(13)10-6-4-8-17-10/h3-8,11H,1-2H3,(H2,14,15). The Bertz CT molecular complexity index is 476. The van der Waals surface area contributed by atoms with Gasteiger partial charge >= 0.3 is 0 Å². The van der Waals surface area contributed by atoms with Gasteiger partial charge in [0.05, 0.1) is 11.5 Å². The van der Waals surface area contributed by atoms with Gasteiger partial charge in [0.25, 0.3) is 0 Å². The average Bonchev–Trinajstić information content (AvgIpc) is 2.81. The van der Waals surface area contributed by atoms with Gasteiger partial charge in [-0.3, -0.25) is 4.79 Å². The molecule has 1 aliphatic carbocycles. The molecule has 0 saturated heterocycles. The number of methoxy groups -OCH3 is 1. The van der Waals surface area contributed by atoms with Crippen molar-refractivity contribution in [2.24, 2.45) is 5.73 Å². The molecule has 0 bridgehead atoms. The average molecular weight is 249 g/mol. The van der Waals surface area contributed by atoms with E-state index in [1.54, 1.807) is 24.5 Å². The van der Waals surface area contributed by atoms with E-state index in [0.717, 1.165) is 4.88 Å². The predicted molar refractivity (Wildman–Crippen MR) is 68.9 cm³/mol. The minimum Gasteiger partial charge on any atom is -0.373 e. The number of ether oxygens (including phenoxy) is 1. The highest BCUT2D eigenvalue weighted by Gasteiger charge is 2.39. The molecule has 0 spiro atoms. The molecule has 1 aromatic rings. The Morgan fingerprint density at radius 2 is 2.35 bits per heavy atom. The number of hydrogen-bond acceptors (Lipinski definition) is 3. The minimum atomic E-state index is -0.524. The highest BCUT2D eigenvalue weighted by atomic mass is 32.1. The van der Waals surface area contributed by atoms with Gasteiger partial charge in [-0.2, -0.15) is 0 Å². The smallest absolute Gasteiger partial charge is 0.245 e. The molecule has 2 unspecified atom stereocenters. The van der Waals surface area contributed by atoms with Crippen LogP contribution >= 0.6 is 11.3 Å². The second-order valence-corrected chi connectivity index (χ2v) is 5.16. The lowest BCUT2D eigenvalue weighted by Crippen LogP contribution is -2.38. The number of carbonyl (C=O) groups is 1. The Morgan fingerprint density at radius 3 is 2.88 bits per heavy atom. The maximum Gasteiger partial charge on any atom is 0.245 e. The highest BCUT2D eigenvalue weighted by molar-refractivity contribution is 7.10. The molecule has 3 nitrogen and oxygen atoms in total. The molecule has 4 heteroatoms. The Labute approximate surface area is 105 Å². The topological polar surface area (TPSA) is 52.3 Å². The highest BCUT2D eigenvalue weighted by Crippen LogP contribution is 2.42. The molecular weight excluding hydrogens is 234 g/mol. The first kappa shape index (κ1) is 12.1. The van der Waals surface area contributed by atoms with Gasteiger partial charge in [-0.1, -0.05) is 24.3 Å². The van der Waals surface area contributed by atoms with Gasteiger partial charge in [0.1, 0.15) is 0 Å². The van der Waals surface area contributed by atoms with Crippen molar-refractivity contribution in [3.63, 3.8) is 0 Å². The van der Waals surface area contributed by atoms with Crippen LogP contribution in [0.5, 0.6) is 0 Å². The predicted octanol–water partition coefficient (Wildman–Crippen LogP) is 2.22. The van der Waals surface area contributed by atoms with Crippen LogP contribution in [0.1, 0.15) is 17.7 Å². The third-order valence-corrected chi connectivity index (χ3v) is 4.08. The monoisotopic (exact) mass is 249 g/mol. The molecule has 0 saturated carbocycles. The fourth-order valence-electron chi connectivity index (χ4n) is 2.15. The minimum absolute atomic E-state index is 0.130. The summed E-state index contributed by atoms with van der Waals surface area (Å²) in [6.07, 6.45) is 5.56. The molecule has 90 valence electrons. The normalized spacial score (nSPS) is 27.9. The van der Waals surface area contributed by atoms with E-state index in [-0.39, 0.29) is 5.92 Å². The van der Waals surface area contributed by atoms with Crippen molar-refractivity contribution in [2.75, 3.05) is 7.11 Å². The first-order valence-electron chi connectivity index (χ1n) is 5.36. The van der Waals surface area contributed by atoms with Gasteiger partial charge in [-0.25, -0.2) is 0 Å². The summed E-state index contributed by atoms with van der Waals surface area (Å²) in [6.45, 7) is 1.96. The van der Waals surface area contributed by atoms with E-state index in [9.17, 15) is 4.79 Å². The molecule has 17 heavy (non-hydrogen) atoms. The number of allylic oxidation sites excluding steroid dienone is 2. The van der Waals surface area contributed by atoms with Crippen LogP contribution in [0.25, 0.3) is 0 Å². The number of thiophene rings is 1. The van der Waals surface area contributed by atoms with Crippen molar-refractivity contribution >= 4 is 17.2 Å². The summed E-state index contributed by atoms with van der Waals surface area (Å²) in [7, 11) is 1.65. The Kier molecular flexibility index (Phi) is 3.17. The summed E-state index contributed by atoms with van der Waals surface area (Å²) < 4.78 is 5.57. The number of hydrogen-bond donors (Lipinski definition) is 1. The maximum absolute atomic E-state index is 11.5. The van der Waals surface area contributed by atoms with Gasteiger partial charge in [0.15, 0.2) is 0 Å². The van der Waals surface area contributed by atoms with Crippen molar-refractivity contribution < 1.29 is 9.53 Å². The summed E-state index contributed by atoms with van der Waals surface area (Å²) in [5, 5.41) is 1.99. The molecule has 0 aromatic carbocycles. The van der Waals surface area contributed by atoms with E-state index in [0.29, 0.717) is 5.57 Å². The van der Waals surface area contributed by atoms with Gasteiger partial charge in [-0.15, -0.1) is 11.3 Å². The van der Waals surface area contributed by atoms with Crippen molar-refractivity contribution in [3.8, 4) is 0 Å². The fraction of sp³-hybridized carbons (Fsp3) is 0.308. The lowest BCUT2D eigenvalue weighted by molar-refractivity contribution is -0.115. The zero-order valence-corrected chi connectivity index (χ0v) is 10.7. The van der Waals surface area contributed by atoms with Crippen molar-refractivity contribution in [3.05, 3.63) is 46.2 Å². The molecule has 1 amide bonds. The summed E-state index contributed by atoms with van der Waals surface area (Å²) in [5.41, 5.74) is 5.52. The van der Waals surface area contributed by atoms with Crippen molar-refractivity contribution in [2.45, 2.75) is 18.4 Å².